The molecule has 0 radical (unpaired) electrons. The number of aromatic nitrogens is 4. The summed E-state index contributed by atoms with van der Waals surface area (Å²) in [4.78, 5) is 12.2. The van der Waals surface area contributed by atoms with Crippen LogP contribution in [0.2, 0.25) is 0 Å². The number of carbonyl (C=O) groups is 1. The van der Waals surface area contributed by atoms with Crippen LogP contribution in [0, 0.1) is 6.92 Å². The standard InChI is InChI=1S/C16H14N4OS/c1-12-7-9-13(10-8-12)15(21)11-22-16-17-18-19-20(16)14-5-3-2-4-6-14/h2-10H,11H2,1H3. The van der Waals surface area contributed by atoms with Gasteiger partial charge < -0.3 is 0 Å². The van der Waals surface area contributed by atoms with E-state index >= 15 is 0 Å². The third-order valence-electron chi connectivity index (χ3n) is 3.15. The van der Waals surface area contributed by atoms with Crippen molar-refractivity contribution in [2.45, 2.75) is 12.1 Å². The molecule has 2 aromatic carbocycles. The Hall–Kier alpha value is -2.47. The molecule has 110 valence electrons. The van der Waals surface area contributed by atoms with E-state index in [9.17, 15) is 4.79 Å². The monoisotopic (exact) mass is 310 g/mol. The molecule has 0 unspecified atom stereocenters. The van der Waals surface area contributed by atoms with Crippen LogP contribution >= 0.6 is 11.8 Å². The number of benzene rings is 2. The van der Waals surface area contributed by atoms with Gasteiger partial charge in [-0.25, -0.2) is 0 Å². The van der Waals surface area contributed by atoms with Crippen LogP contribution < -0.4 is 0 Å². The molecular formula is C16H14N4OS. The Morgan fingerprint density at radius 3 is 2.55 bits per heavy atom. The molecule has 1 heterocycles. The highest BCUT2D eigenvalue weighted by atomic mass is 32.2. The van der Waals surface area contributed by atoms with Crippen molar-refractivity contribution >= 4 is 17.5 Å². The van der Waals surface area contributed by atoms with Crippen LogP contribution in [0.25, 0.3) is 5.69 Å². The van der Waals surface area contributed by atoms with Gasteiger partial charge in [0.1, 0.15) is 0 Å². The molecule has 0 N–H and O–H groups in total. The second-order valence-electron chi connectivity index (χ2n) is 4.79. The van der Waals surface area contributed by atoms with Gasteiger partial charge in [0.05, 0.1) is 11.4 Å². The molecule has 0 aliphatic rings. The highest BCUT2D eigenvalue weighted by Crippen LogP contribution is 2.19. The summed E-state index contributed by atoms with van der Waals surface area (Å²) in [7, 11) is 0. The number of Topliss-reactive ketones (excluding diaryl/α,β-unsaturated/α-hetero) is 1. The van der Waals surface area contributed by atoms with Crippen LogP contribution in [-0.4, -0.2) is 31.7 Å². The van der Waals surface area contributed by atoms with Crippen molar-refractivity contribution in [3.8, 4) is 5.69 Å². The van der Waals surface area contributed by atoms with E-state index in [1.807, 2.05) is 61.5 Å². The van der Waals surface area contributed by atoms with E-state index in [1.165, 1.54) is 11.8 Å². The van der Waals surface area contributed by atoms with Gasteiger partial charge in [0, 0.05) is 5.56 Å². The molecule has 0 fully saturated rings. The molecule has 3 rings (SSSR count). The fourth-order valence-corrected chi connectivity index (χ4v) is 2.74. The molecule has 22 heavy (non-hydrogen) atoms. The number of hydrogen-bond acceptors (Lipinski definition) is 5. The van der Waals surface area contributed by atoms with E-state index in [0.29, 0.717) is 16.5 Å². The van der Waals surface area contributed by atoms with E-state index < -0.39 is 0 Å². The minimum absolute atomic E-state index is 0.0626. The van der Waals surface area contributed by atoms with Gasteiger partial charge in [-0.3, -0.25) is 4.79 Å². The zero-order valence-electron chi connectivity index (χ0n) is 12.0. The van der Waals surface area contributed by atoms with Gasteiger partial charge in [-0.2, -0.15) is 4.68 Å². The lowest BCUT2D eigenvalue weighted by molar-refractivity contribution is 0.102. The smallest absolute Gasteiger partial charge is 0.214 e. The normalized spacial score (nSPS) is 10.6. The molecule has 5 nitrogen and oxygen atoms in total. The predicted molar refractivity (Wildman–Crippen MR) is 85.4 cm³/mol. The van der Waals surface area contributed by atoms with E-state index in [1.54, 1.807) is 4.68 Å². The Bertz CT molecular complexity index is 768. The maximum absolute atomic E-state index is 12.2. The number of carbonyl (C=O) groups excluding carboxylic acids is 1. The lowest BCUT2D eigenvalue weighted by atomic mass is 10.1. The van der Waals surface area contributed by atoms with Crippen molar-refractivity contribution in [2.75, 3.05) is 5.75 Å². The largest absolute Gasteiger partial charge is 0.293 e. The maximum Gasteiger partial charge on any atom is 0.214 e. The Morgan fingerprint density at radius 1 is 1.09 bits per heavy atom. The molecule has 0 saturated carbocycles. The van der Waals surface area contributed by atoms with E-state index in [2.05, 4.69) is 15.5 Å². The number of hydrogen-bond donors (Lipinski definition) is 0. The van der Waals surface area contributed by atoms with E-state index in [4.69, 9.17) is 0 Å². The van der Waals surface area contributed by atoms with Crippen molar-refractivity contribution < 1.29 is 4.79 Å². The number of thioether (sulfide) groups is 1. The summed E-state index contributed by atoms with van der Waals surface area (Å²) < 4.78 is 1.63. The Morgan fingerprint density at radius 2 is 1.82 bits per heavy atom. The summed E-state index contributed by atoms with van der Waals surface area (Å²) in [5, 5.41) is 12.3. The predicted octanol–water partition coefficient (Wildman–Crippen LogP) is 2.95. The summed E-state index contributed by atoms with van der Waals surface area (Å²) >= 11 is 1.33. The third kappa shape index (κ3) is 3.23. The number of tetrazole rings is 1. The van der Waals surface area contributed by atoms with Gasteiger partial charge in [-0.15, -0.1) is 5.10 Å². The fraction of sp³-hybridized carbons (Fsp3) is 0.125. The second-order valence-corrected chi connectivity index (χ2v) is 5.73. The minimum atomic E-state index is 0.0626. The quantitative estimate of drug-likeness (QED) is 0.535. The molecular weight excluding hydrogens is 296 g/mol. The van der Waals surface area contributed by atoms with Crippen LogP contribution in [0.5, 0.6) is 0 Å². The Labute approximate surface area is 132 Å². The lowest BCUT2D eigenvalue weighted by Crippen LogP contribution is -2.05. The van der Waals surface area contributed by atoms with Gasteiger partial charge in [0.2, 0.25) is 5.16 Å². The van der Waals surface area contributed by atoms with Crippen molar-refractivity contribution in [3.05, 3.63) is 65.7 Å². The van der Waals surface area contributed by atoms with Crippen LogP contribution in [0.3, 0.4) is 0 Å². The number of rotatable bonds is 5. The second kappa shape index (κ2) is 6.53. The number of para-hydroxylation sites is 1. The summed E-state index contributed by atoms with van der Waals surface area (Å²) in [6.45, 7) is 2.00. The van der Waals surface area contributed by atoms with E-state index in [-0.39, 0.29) is 5.78 Å². The molecule has 0 saturated heterocycles. The zero-order valence-corrected chi connectivity index (χ0v) is 12.8. The summed E-state index contributed by atoms with van der Waals surface area (Å²) in [6.07, 6.45) is 0. The lowest BCUT2D eigenvalue weighted by Gasteiger charge is -2.04. The Kier molecular flexibility index (Phi) is 4.29. The number of aryl methyl sites for hydroxylation is 1. The SMILES string of the molecule is Cc1ccc(C(=O)CSc2nnnn2-c2ccccc2)cc1. The number of nitrogens with zero attached hydrogens (tertiary/aromatic N) is 4. The first-order chi connectivity index (χ1) is 10.7. The van der Waals surface area contributed by atoms with Gasteiger partial charge in [0.25, 0.3) is 0 Å². The first-order valence-corrected chi connectivity index (χ1v) is 7.79. The van der Waals surface area contributed by atoms with Crippen molar-refractivity contribution in [1.82, 2.24) is 20.2 Å². The zero-order chi connectivity index (χ0) is 15.4. The third-order valence-corrected chi connectivity index (χ3v) is 4.07. The van der Waals surface area contributed by atoms with Crippen LogP contribution in [0.15, 0.2) is 59.8 Å². The number of ketones is 1. The Balaban J connectivity index is 1.71. The highest BCUT2D eigenvalue weighted by molar-refractivity contribution is 7.99. The van der Waals surface area contributed by atoms with Gasteiger partial charge in [-0.05, 0) is 29.5 Å². The molecule has 0 bridgehead atoms. The molecule has 3 aromatic rings. The molecule has 0 atom stereocenters. The molecule has 0 amide bonds. The van der Waals surface area contributed by atoms with Gasteiger partial charge >= 0.3 is 0 Å². The van der Waals surface area contributed by atoms with Crippen LogP contribution in [0.4, 0.5) is 0 Å². The van der Waals surface area contributed by atoms with Gasteiger partial charge in [0.15, 0.2) is 5.78 Å². The minimum Gasteiger partial charge on any atom is -0.293 e. The summed E-state index contributed by atoms with van der Waals surface area (Å²) in [6, 6.07) is 17.2. The van der Waals surface area contributed by atoms with Crippen LogP contribution in [0.1, 0.15) is 15.9 Å². The molecule has 6 heteroatoms. The van der Waals surface area contributed by atoms with Crippen molar-refractivity contribution in [1.29, 1.82) is 0 Å². The molecule has 1 aromatic heterocycles. The first kappa shape index (κ1) is 14.5. The first-order valence-electron chi connectivity index (χ1n) is 6.80. The van der Waals surface area contributed by atoms with Gasteiger partial charge in [-0.1, -0.05) is 59.8 Å². The molecule has 0 aliphatic heterocycles. The average molecular weight is 310 g/mol. The summed E-state index contributed by atoms with van der Waals surface area (Å²) in [5.41, 5.74) is 2.71. The van der Waals surface area contributed by atoms with E-state index in [0.717, 1.165) is 11.3 Å². The fourth-order valence-electron chi connectivity index (χ4n) is 1.95. The van der Waals surface area contributed by atoms with Crippen LogP contribution in [-0.2, 0) is 0 Å². The molecule has 0 spiro atoms. The van der Waals surface area contributed by atoms with Crippen molar-refractivity contribution in [3.63, 3.8) is 0 Å². The van der Waals surface area contributed by atoms with Crippen molar-refractivity contribution in [2.24, 2.45) is 0 Å². The maximum atomic E-state index is 12.2. The summed E-state index contributed by atoms with van der Waals surface area (Å²) in [5.74, 6) is 0.364. The molecule has 0 aliphatic carbocycles. The highest BCUT2D eigenvalue weighted by Gasteiger charge is 2.12. The topological polar surface area (TPSA) is 60.7 Å². The average Bonchev–Trinajstić information content (AvgIpc) is 3.02.